The number of alkyl carbamates (subject to hydrolysis) is 1. The molecule has 0 saturated carbocycles. The highest BCUT2D eigenvalue weighted by Gasteiger charge is 2.39. The second-order valence-corrected chi connectivity index (χ2v) is 11.5. The SMILES string of the molecule is O=C(CCN1C(=O)CC(SC2=C/C=C\C=C/C=C\2)C1=O)NCCOCCOCCOCCNC(=O)OC1CC/C=C/CCC1. The molecule has 0 aromatic rings. The minimum absolute atomic E-state index is 0.0298. The Hall–Kier alpha value is -3.19. The van der Waals surface area contributed by atoms with Crippen molar-refractivity contribution in [3.63, 3.8) is 0 Å². The summed E-state index contributed by atoms with van der Waals surface area (Å²) in [6.07, 6.45) is 22.1. The first-order chi connectivity index (χ1) is 21.5. The molecule has 2 unspecified atom stereocenters. The number of hydrogen-bond acceptors (Lipinski definition) is 9. The van der Waals surface area contributed by atoms with Gasteiger partial charge < -0.3 is 29.6 Å². The molecule has 0 aromatic carbocycles. The van der Waals surface area contributed by atoms with Gasteiger partial charge in [0.25, 0.3) is 0 Å². The van der Waals surface area contributed by atoms with Crippen LogP contribution in [0.2, 0.25) is 0 Å². The van der Waals surface area contributed by atoms with E-state index in [1.54, 1.807) is 0 Å². The van der Waals surface area contributed by atoms with Crippen molar-refractivity contribution in [3.8, 4) is 0 Å². The molecule has 0 radical (unpaired) electrons. The van der Waals surface area contributed by atoms with Gasteiger partial charge in [0.15, 0.2) is 0 Å². The second kappa shape index (κ2) is 21.5. The van der Waals surface area contributed by atoms with Gasteiger partial charge in [-0.2, -0.15) is 0 Å². The second-order valence-electron chi connectivity index (χ2n) is 10.3. The monoisotopic (exact) mass is 631 g/mol. The fraction of sp³-hybridized carbons (Fsp3) is 0.562. The summed E-state index contributed by atoms with van der Waals surface area (Å²) in [4.78, 5) is 51.3. The first-order valence-corrected chi connectivity index (χ1v) is 16.2. The molecule has 1 fully saturated rings. The summed E-state index contributed by atoms with van der Waals surface area (Å²) in [5.74, 6) is -0.760. The highest BCUT2D eigenvalue weighted by molar-refractivity contribution is 8.04. The molecule has 11 nitrogen and oxygen atoms in total. The van der Waals surface area contributed by atoms with Crippen LogP contribution in [0.15, 0.2) is 59.6 Å². The van der Waals surface area contributed by atoms with Crippen LogP contribution in [0.4, 0.5) is 4.79 Å². The Labute approximate surface area is 264 Å². The summed E-state index contributed by atoms with van der Waals surface area (Å²) in [5.41, 5.74) is 0. The van der Waals surface area contributed by atoms with Gasteiger partial charge in [-0.1, -0.05) is 42.5 Å². The summed E-state index contributed by atoms with van der Waals surface area (Å²) < 4.78 is 21.8. The van der Waals surface area contributed by atoms with Crippen LogP contribution in [0.5, 0.6) is 0 Å². The Morgan fingerprint density at radius 1 is 0.841 bits per heavy atom. The summed E-state index contributed by atoms with van der Waals surface area (Å²) in [5, 5.41) is 4.97. The van der Waals surface area contributed by atoms with Crippen molar-refractivity contribution in [1.82, 2.24) is 15.5 Å². The highest BCUT2D eigenvalue weighted by atomic mass is 32.2. The van der Waals surface area contributed by atoms with Crippen LogP contribution in [0.25, 0.3) is 0 Å². The number of hydrogen-bond donors (Lipinski definition) is 2. The maximum absolute atomic E-state index is 12.7. The predicted octanol–water partition coefficient (Wildman–Crippen LogP) is 3.58. The van der Waals surface area contributed by atoms with Crippen LogP contribution in [0.3, 0.4) is 0 Å². The van der Waals surface area contributed by atoms with Crippen LogP contribution in [0.1, 0.15) is 44.9 Å². The Kier molecular flexibility index (Phi) is 17.2. The number of imide groups is 1. The van der Waals surface area contributed by atoms with Gasteiger partial charge >= 0.3 is 6.09 Å². The highest BCUT2D eigenvalue weighted by Crippen LogP contribution is 2.32. The Balaban J connectivity index is 1.11. The average molecular weight is 632 g/mol. The quantitative estimate of drug-likeness (QED) is 0.132. The molecule has 3 aliphatic rings. The number of ether oxygens (including phenoxy) is 4. The van der Waals surface area contributed by atoms with E-state index in [9.17, 15) is 19.2 Å². The molecule has 1 saturated heterocycles. The van der Waals surface area contributed by atoms with Gasteiger partial charge in [-0.25, -0.2) is 4.79 Å². The van der Waals surface area contributed by atoms with Crippen LogP contribution >= 0.6 is 11.8 Å². The van der Waals surface area contributed by atoms with Crippen molar-refractivity contribution in [3.05, 3.63) is 59.6 Å². The molecule has 2 aliphatic carbocycles. The Bertz CT molecular complexity index is 1090. The Morgan fingerprint density at radius 2 is 1.52 bits per heavy atom. The maximum Gasteiger partial charge on any atom is 0.407 e. The number of amides is 4. The molecule has 3 rings (SSSR count). The smallest absolute Gasteiger partial charge is 0.407 e. The largest absolute Gasteiger partial charge is 0.446 e. The van der Waals surface area contributed by atoms with Crippen molar-refractivity contribution >= 4 is 35.6 Å². The molecule has 2 N–H and O–H groups in total. The number of nitrogens with one attached hydrogen (secondary N) is 2. The lowest BCUT2D eigenvalue weighted by atomic mass is 10.0. The third-order valence-corrected chi connectivity index (χ3v) is 8.03. The molecule has 242 valence electrons. The fourth-order valence-corrected chi connectivity index (χ4v) is 5.64. The van der Waals surface area contributed by atoms with Crippen LogP contribution in [0, 0.1) is 0 Å². The fourth-order valence-electron chi connectivity index (χ4n) is 4.54. The van der Waals surface area contributed by atoms with Gasteiger partial charge in [-0.15, -0.1) is 11.8 Å². The zero-order valence-electron chi connectivity index (χ0n) is 25.3. The third-order valence-electron chi connectivity index (χ3n) is 6.83. The molecular weight excluding hydrogens is 586 g/mol. The molecular formula is C32H45N3O8S. The van der Waals surface area contributed by atoms with Crippen molar-refractivity contribution in [2.24, 2.45) is 0 Å². The third kappa shape index (κ3) is 14.5. The number of nitrogens with zero attached hydrogens (tertiary/aromatic N) is 1. The number of carbonyl (C=O) groups excluding carboxylic acids is 4. The van der Waals surface area contributed by atoms with Gasteiger partial charge in [0.1, 0.15) is 6.10 Å². The van der Waals surface area contributed by atoms with Crippen LogP contribution < -0.4 is 10.6 Å². The van der Waals surface area contributed by atoms with Gasteiger partial charge in [0.05, 0.1) is 44.9 Å². The molecule has 0 spiro atoms. The van der Waals surface area contributed by atoms with Gasteiger partial charge in [-0.3, -0.25) is 19.3 Å². The van der Waals surface area contributed by atoms with E-state index in [4.69, 9.17) is 18.9 Å². The van der Waals surface area contributed by atoms with Gasteiger partial charge in [-0.05, 0) is 44.3 Å². The van der Waals surface area contributed by atoms with E-state index in [0.29, 0.717) is 52.7 Å². The van der Waals surface area contributed by atoms with Crippen molar-refractivity contribution < 1.29 is 38.1 Å². The van der Waals surface area contributed by atoms with E-state index < -0.39 is 11.3 Å². The number of allylic oxidation sites excluding steroid dienone is 9. The minimum atomic E-state index is -0.480. The van der Waals surface area contributed by atoms with Crippen LogP contribution in [-0.4, -0.2) is 99.3 Å². The molecule has 2 atom stereocenters. The van der Waals surface area contributed by atoms with E-state index in [0.717, 1.165) is 37.0 Å². The minimum Gasteiger partial charge on any atom is -0.446 e. The zero-order valence-corrected chi connectivity index (χ0v) is 26.1. The normalized spacial score (nSPS) is 24.2. The first kappa shape index (κ1) is 35.3. The lowest BCUT2D eigenvalue weighted by molar-refractivity contribution is -0.138. The lowest BCUT2D eigenvalue weighted by Gasteiger charge is -2.18. The Morgan fingerprint density at radius 3 is 2.32 bits per heavy atom. The van der Waals surface area contributed by atoms with E-state index in [1.807, 2.05) is 42.5 Å². The summed E-state index contributed by atoms with van der Waals surface area (Å²) in [7, 11) is 0. The number of rotatable bonds is 18. The number of carbonyl (C=O) groups is 4. The lowest BCUT2D eigenvalue weighted by Crippen LogP contribution is -2.36. The topological polar surface area (TPSA) is 132 Å². The zero-order chi connectivity index (χ0) is 31.2. The molecule has 4 amide bonds. The summed E-state index contributed by atoms with van der Waals surface area (Å²) in [6, 6.07) is 0. The van der Waals surface area contributed by atoms with Crippen molar-refractivity contribution in [2.45, 2.75) is 56.3 Å². The van der Waals surface area contributed by atoms with E-state index >= 15 is 0 Å². The first-order valence-electron chi connectivity index (χ1n) is 15.3. The van der Waals surface area contributed by atoms with Gasteiger partial charge in [0, 0.05) is 37.4 Å². The predicted molar refractivity (Wildman–Crippen MR) is 169 cm³/mol. The maximum atomic E-state index is 12.7. The van der Waals surface area contributed by atoms with Crippen molar-refractivity contribution in [1.29, 1.82) is 0 Å². The van der Waals surface area contributed by atoms with E-state index in [1.165, 1.54) is 16.7 Å². The summed E-state index contributed by atoms with van der Waals surface area (Å²) >= 11 is 1.36. The van der Waals surface area contributed by atoms with E-state index in [2.05, 4.69) is 22.8 Å². The number of likely N-dealkylation sites (tertiary alicyclic amines) is 1. The molecule has 1 heterocycles. The standard InChI is InChI=1S/C32H45N3O8S/c36-29(15-18-35-30(37)25-28(31(35)38)44-27-13-9-5-2-6-10-14-27)33-16-19-40-21-23-42-24-22-41-20-17-34-32(39)43-26-11-7-3-1-4-8-12-26/h1-3,5-6,9-10,13-14,26,28H,4,7-8,11-12,15-25H2,(H,33,36)(H,34,39)/b3-1+,5-2-,6-2?,9-5?,10-6-,13-9-,14-10?,27-13?,27-14+. The van der Waals surface area contributed by atoms with Crippen molar-refractivity contribution in [2.75, 3.05) is 59.3 Å². The number of thioether (sulfide) groups is 1. The van der Waals surface area contributed by atoms with E-state index in [-0.39, 0.29) is 43.2 Å². The molecule has 12 heteroatoms. The molecule has 0 bridgehead atoms. The molecule has 44 heavy (non-hydrogen) atoms. The van der Waals surface area contributed by atoms with Gasteiger partial charge in [0.2, 0.25) is 17.7 Å². The molecule has 1 aliphatic heterocycles. The van der Waals surface area contributed by atoms with Crippen LogP contribution in [-0.2, 0) is 33.3 Å². The molecule has 0 aromatic heterocycles. The summed E-state index contributed by atoms with van der Waals surface area (Å²) in [6.45, 7) is 2.99. The average Bonchev–Trinajstić information content (AvgIpc) is 3.24.